The van der Waals surface area contributed by atoms with E-state index in [-0.39, 0.29) is 13.1 Å². The Bertz CT molecular complexity index is 616. The third-order valence-electron chi connectivity index (χ3n) is 3.47. The second-order valence-electron chi connectivity index (χ2n) is 6.78. The Morgan fingerprint density at radius 3 is 2.83 bits per heavy atom. The predicted octanol–water partition coefficient (Wildman–Crippen LogP) is 2.28. The van der Waals surface area contributed by atoms with Gasteiger partial charge in [-0.05, 0) is 49.5 Å². The van der Waals surface area contributed by atoms with Gasteiger partial charge in [0, 0.05) is 11.9 Å². The molecule has 9 heteroatoms. The Balaban J connectivity index is 1.95. The van der Waals surface area contributed by atoms with Gasteiger partial charge in [-0.25, -0.2) is 9.78 Å². The molecule has 1 aromatic heterocycles. The molecule has 1 atom stereocenters. The SMILES string of the molecule is CC(C)(C)OC(=O)N1CCCC(O)(C(=O)NCc2nc(Br)cs2)C1. The lowest BCUT2D eigenvalue weighted by molar-refractivity contribution is -0.145. The molecule has 2 N–H and O–H groups in total. The summed E-state index contributed by atoms with van der Waals surface area (Å²) in [5.74, 6) is -0.498. The van der Waals surface area contributed by atoms with Crippen molar-refractivity contribution in [3.8, 4) is 0 Å². The molecule has 1 unspecified atom stereocenters. The third-order valence-corrected chi connectivity index (χ3v) is 5.03. The van der Waals surface area contributed by atoms with Crippen LogP contribution in [0.2, 0.25) is 0 Å². The number of carbonyl (C=O) groups is 2. The van der Waals surface area contributed by atoms with Crippen molar-refractivity contribution in [3.05, 3.63) is 15.0 Å². The first-order valence-electron chi connectivity index (χ1n) is 7.68. The standard InChI is InChI=1S/C15H22BrN3O4S/c1-14(2,3)23-13(21)19-6-4-5-15(22,9-19)12(20)17-7-11-18-10(16)8-24-11/h8,22H,4-7,9H2,1-3H3,(H,17,20). The van der Waals surface area contributed by atoms with E-state index >= 15 is 0 Å². The summed E-state index contributed by atoms with van der Waals surface area (Å²) in [5.41, 5.74) is -2.23. The van der Waals surface area contributed by atoms with E-state index in [0.29, 0.717) is 24.0 Å². The first-order chi connectivity index (χ1) is 11.1. The smallest absolute Gasteiger partial charge is 0.410 e. The monoisotopic (exact) mass is 419 g/mol. The lowest BCUT2D eigenvalue weighted by Crippen LogP contribution is -2.58. The molecule has 0 radical (unpaired) electrons. The topological polar surface area (TPSA) is 91.8 Å². The zero-order valence-electron chi connectivity index (χ0n) is 14.0. The van der Waals surface area contributed by atoms with Gasteiger partial charge in [-0.2, -0.15) is 0 Å². The number of aliphatic hydroxyl groups is 1. The van der Waals surface area contributed by atoms with Crippen LogP contribution in [-0.4, -0.2) is 51.3 Å². The number of ether oxygens (including phenoxy) is 1. The highest BCUT2D eigenvalue weighted by Gasteiger charge is 2.42. The molecule has 0 aromatic carbocycles. The molecule has 0 saturated carbocycles. The summed E-state index contributed by atoms with van der Waals surface area (Å²) >= 11 is 4.66. The molecule has 1 saturated heterocycles. The first-order valence-corrected chi connectivity index (χ1v) is 9.35. The number of halogens is 1. The quantitative estimate of drug-likeness (QED) is 0.783. The fraction of sp³-hybridized carbons (Fsp3) is 0.667. The molecule has 2 heterocycles. The number of hydrogen-bond donors (Lipinski definition) is 2. The molecular formula is C15H22BrN3O4S. The fourth-order valence-electron chi connectivity index (χ4n) is 2.39. The lowest BCUT2D eigenvalue weighted by atomic mass is 9.92. The van der Waals surface area contributed by atoms with Crippen molar-refractivity contribution in [2.24, 2.45) is 0 Å². The summed E-state index contributed by atoms with van der Waals surface area (Å²) < 4.78 is 6.03. The predicted molar refractivity (Wildman–Crippen MR) is 93.7 cm³/mol. The summed E-state index contributed by atoms with van der Waals surface area (Å²) in [7, 11) is 0. The van der Waals surface area contributed by atoms with Crippen LogP contribution in [0.3, 0.4) is 0 Å². The van der Waals surface area contributed by atoms with E-state index in [2.05, 4.69) is 26.2 Å². The molecule has 2 amide bonds. The van der Waals surface area contributed by atoms with Crippen LogP contribution < -0.4 is 5.32 Å². The highest BCUT2D eigenvalue weighted by Crippen LogP contribution is 2.24. The Morgan fingerprint density at radius 2 is 2.25 bits per heavy atom. The van der Waals surface area contributed by atoms with Crippen LogP contribution in [0.25, 0.3) is 0 Å². The van der Waals surface area contributed by atoms with Crippen LogP contribution in [0, 0.1) is 0 Å². The van der Waals surface area contributed by atoms with Gasteiger partial charge in [0.2, 0.25) is 0 Å². The molecule has 134 valence electrons. The number of carbonyl (C=O) groups excluding carboxylic acids is 2. The van der Waals surface area contributed by atoms with Gasteiger partial charge in [-0.15, -0.1) is 11.3 Å². The van der Waals surface area contributed by atoms with Crippen molar-refractivity contribution < 1.29 is 19.4 Å². The Hall–Kier alpha value is -1.19. The molecule has 1 aromatic rings. The van der Waals surface area contributed by atoms with Crippen molar-refractivity contribution in [1.29, 1.82) is 0 Å². The Kier molecular flexibility index (Phi) is 5.87. The van der Waals surface area contributed by atoms with E-state index in [1.54, 1.807) is 20.8 Å². The van der Waals surface area contributed by atoms with E-state index in [9.17, 15) is 14.7 Å². The van der Waals surface area contributed by atoms with Crippen LogP contribution in [0.1, 0.15) is 38.6 Å². The number of hydrogen-bond acceptors (Lipinski definition) is 6. The van der Waals surface area contributed by atoms with Gasteiger partial charge in [-0.1, -0.05) is 0 Å². The number of nitrogens with zero attached hydrogens (tertiary/aromatic N) is 2. The second kappa shape index (κ2) is 7.37. The van der Waals surface area contributed by atoms with Gasteiger partial charge in [0.1, 0.15) is 15.2 Å². The molecule has 2 rings (SSSR count). The van der Waals surface area contributed by atoms with Gasteiger partial charge in [0.25, 0.3) is 5.91 Å². The summed E-state index contributed by atoms with van der Waals surface area (Å²) in [6.45, 7) is 5.96. The maximum Gasteiger partial charge on any atom is 0.410 e. The molecule has 7 nitrogen and oxygen atoms in total. The zero-order valence-corrected chi connectivity index (χ0v) is 16.4. The molecule has 1 fully saturated rings. The summed E-state index contributed by atoms with van der Waals surface area (Å²) in [6.07, 6.45) is 0.323. The molecule has 0 spiro atoms. The average Bonchev–Trinajstić information content (AvgIpc) is 2.88. The second-order valence-corrected chi connectivity index (χ2v) is 8.54. The van der Waals surface area contributed by atoms with E-state index in [0.717, 1.165) is 5.01 Å². The number of amides is 2. The largest absolute Gasteiger partial charge is 0.444 e. The van der Waals surface area contributed by atoms with Gasteiger partial charge >= 0.3 is 6.09 Å². The van der Waals surface area contributed by atoms with Gasteiger partial charge < -0.3 is 20.1 Å². The van der Waals surface area contributed by atoms with Gasteiger partial charge in [0.05, 0.1) is 13.1 Å². The number of rotatable bonds is 3. The summed E-state index contributed by atoms with van der Waals surface area (Å²) in [5, 5.41) is 15.9. The van der Waals surface area contributed by atoms with E-state index in [1.807, 2.05) is 5.38 Å². The normalized spacial score (nSPS) is 21.5. The van der Waals surface area contributed by atoms with Crippen molar-refractivity contribution in [2.45, 2.75) is 51.4 Å². The van der Waals surface area contributed by atoms with Crippen molar-refractivity contribution in [1.82, 2.24) is 15.2 Å². The van der Waals surface area contributed by atoms with E-state index in [4.69, 9.17) is 4.74 Å². The van der Waals surface area contributed by atoms with Crippen molar-refractivity contribution in [3.63, 3.8) is 0 Å². The molecule has 0 aliphatic carbocycles. The molecular weight excluding hydrogens is 398 g/mol. The Labute approximate surface area is 153 Å². The van der Waals surface area contributed by atoms with E-state index < -0.39 is 23.2 Å². The van der Waals surface area contributed by atoms with Gasteiger partial charge in [-0.3, -0.25) is 4.79 Å². The van der Waals surface area contributed by atoms with Crippen molar-refractivity contribution >= 4 is 39.3 Å². The molecule has 0 bridgehead atoms. The van der Waals surface area contributed by atoms with Crippen LogP contribution in [0.4, 0.5) is 4.79 Å². The molecule has 1 aliphatic heterocycles. The zero-order chi connectivity index (χ0) is 18.0. The fourth-order valence-corrected chi connectivity index (χ4v) is 3.60. The number of likely N-dealkylation sites (tertiary alicyclic amines) is 1. The average molecular weight is 420 g/mol. The summed E-state index contributed by atoms with van der Waals surface area (Å²) in [4.78, 5) is 30.1. The summed E-state index contributed by atoms with van der Waals surface area (Å²) in [6, 6.07) is 0. The minimum absolute atomic E-state index is 0.0741. The number of β-amino-alcohol motifs (C(OH)–C–C–N with tert-alkyl or cyclic N) is 1. The van der Waals surface area contributed by atoms with Crippen molar-refractivity contribution in [2.75, 3.05) is 13.1 Å². The van der Waals surface area contributed by atoms with Crippen LogP contribution in [0.15, 0.2) is 9.98 Å². The van der Waals surface area contributed by atoms with Crippen LogP contribution in [-0.2, 0) is 16.1 Å². The third kappa shape index (κ3) is 5.15. The maximum absolute atomic E-state index is 12.4. The highest BCUT2D eigenvalue weighted by atomic mass is 79.9. The molecule has 24 heavy (non-hydrogen) atoms. The number of aromatic nitrogens is 1. The van der Waals surface area contributed by atoms with E-state index in [1.165, 1.54) is 16.2 Å². The minimum Gasteiger partial charge on any atom is -0.444 e. The first kappa shape index (κ1) is 19.1. The van der Waals surface area contributed by atoms with Crippen LogP contribution in [0.5, 0.6) is 0 Å². The number of piperidine rings is 1. The Morgan fingerprint density at radius 1 is 1.54 bits per heavy atom. The highest BCUT2D eigenvalue weighted by molar-refractivity contribution is 9.10. The lowest BCUT2D eigenvalue weighted by Gasteiger charge is -2.38. The molecule has 1 aliphatic rings. The minimum atomic E-state index is -1.61. The van der Waals surface area contributed by atoms with Gasteiger partial charge in [0.15, 0.2) is 5.60 Å². The maximum atomic E-state index is 12.4. The number of thiazole rings is 1. The number of nitrogens with one attached hydrogen (secondary N) is 1. The van der Waals surface area contributed by atoms with Crippen LogP contribution >= 0.6 is 27.3 Å².